The van der Waals surface area contributed by atoms with Gasteiger partial charge in [0.25, 0.3) is 5.22 Å². The molecule has 0 spiro atoms. The van der Waals surface area contributed by atoms with Crippen molar-refractivity contribution in [2.75, 3.05) is 12.9 Å². The maximum absolute atomic E-state index is 5.42. The van der Waals surface area contributed by atoms with Gasteiger partial charge in [-0.1, -0.05) is 30.8 Å². The van der Waals surface area contributed by atoms with Gasteiger partial charge in [-0.25, -0.2) is 0 Å². The molecule has 0 unspecified atom stereocenters. The number of methoxy groups -OCH3 is 1. The predicted molar refractivity (Wildman–Crippen MR) is 72.6 cm³/mol. The molecule has 1 heterocycles. The fourth-order valence-electron chi connectivity index (χ4n) is 1.35. The van der Waals surface area contributed by atoms with Gasteiger partial charge in [0.1, 0.15) is 5.75 Å². The molecule has 2 aromatic rings. The van der Waals surface area contributed by atoms with Crippen molar-refractivity contribution < 1.29 is 9.15 Å². The molecule has 0 saturated heterocycles. The summed E-state index contributed by atoms with van der Waals surface area (Å²) in [5.41, 5.74) is 1.05. The molecular weight excluding hydrogens is 248 g/mol. The molecular formula is C13H14N2O2S. The van der Waals surface area contributed by atoms with Gasteiger partial charge in [-0.15, -0.1) is 10.2 Å². The second kappa shape index (κ2) is 6.26. The van der Waals surface area contributed by atoms with Crippen LogP contribution in [0.5, 0.6) is 5.75 Å². The number of hydrogen-bond donors (Lipinski definition) is 0. The third-order valence-corrected chi connectivity index (χ3v) is 2.92. The van der Waals surface area contributed by atoms with Gasteiger partial charge in [0, 0.05) is 6.08 Å². The largest absolute Gasteiger partial charge is 0.497 e. The number of benzene rings is 1. The van der Waals surface area contributed by atoms with Crippen LogP contribution in [0.1, 0.15) is 18.4 Å². The van der Waals surface area contributed by atoms with Crippen molar-refractivity contribution in [3.8, 4) is 5.75 Å². The van der Waals surface area contributed by atoms with Crippen LogP contribution in [0.25, 0.3) is 12.2 Å². The van der Waals surface area contributed by atoms with Gasteiger partial charge >= 0.3 is 0 Å². The Morgan fingerprint density at radius 3 is 2.67 bits per heavy atom. The fourth-order valence-corrected chi connectivity index (χ4v) is 1.84. The lowest BCUT2D eigenvalue weighted by atomic mass is 10.2. The molecule has 1 aromatic heterocycles. The minimum Gasteiger partial charge on any atom is -0.497 e. The van der Waals surface area contributed by atoms with Crippen molar-refractivity contribution in [1.29, 1.82) is 0 Å². The molecule has 1 aromatic carbocycles. The molecule has 4 nitrogen and oxygen atoms in total. The predicted octanol–water partition coefficient (Wildman–Crippen LogP) is 3.36. The number of rotatable bonds is 5. The lowest BCUT2D eigenvalue weighted by molar-refractivity contribution is 0.415. The zero-order valence-corrected chi connectivity index (χ0v) is 11.1. The van der Waals surface area contributed by atoms with E-state index in [2.05, 4.69) is 10.2 Å². The van der Waals surface area contributed by atoms with Gasteiger partial charge in [0.15, 0.2) is 0 Å². The molecule has 0 atom stereocenters. The Balaban J connectivity index is 2.04. The number of thioether (sulfide) groups is 1. The van der Waals surface area contributed by atoms with Gasteiger partial charge in [0.2, 0.25) is 5.89 Å². The highest BCUT2D eigenvalue weighted by atomic mass is 32.2. The first kappa shape index (κ1) is 12.7. The van der Waals surface area contributed by atoms with Crippen molar-refractivity contribution in [1.82, 2.24) is 10.2 Å². The normalized spacial score (nSPS) is 11.0. The van der Waals surface area contributed by atoms with E-state index in [1.54, 1.807) is 13.2 Å². The maximum Gasteiger partial charge on any atom is 0.276 e. The van der Waals surface area contributed by atoms with E-state index < -0.39 is 0 Å². The van der Waals surface area contributed by atoms with Crippen molar-refractivity contribution in [2.24, 2.45) is 0 Å². The zero-order valence-electron chi connectivity index (χ0n) is 10.3. The van der Waals surface area contributed by atoms with Crippen molar-refractivity contribution in [3.63, 3.8) is 0 Å². The highest BCUT2D eigenvalue weighted by Crippen LogP contribution is 2.17. The Morgan fingerprint density at radius 2 is 2.00 bits per heavy atom. The molecule has 18 heavy (non-hydrogen) atoms. The molecule has 0 aliphatic carbocycles. The molecule has 0 N–H and O–H groups in total. The van der Waals surface area contributed by atoms with Crippen LogP contribution in [0, 0.1) is 0 Å². The first-order valence-electron chi connectivity index (χ1n) is 5.60. The van der Waals surface area contributed by atoms with Gasteiger partial charge < -0.3 is 9.15 Å². The lowest BCUT2D eigenvalue weighted by Crippen LogP contribution is -1.81. The second-order valence-corrected chi connectivity index (χ2v) is 4.66. The summed E-state index contributed by atoms with van der Waals surface area (Å²) < 4.78 is 10.5. The number of ether oxygens (including phenoxy) is 1. The summed E-state index contributed by atoms with van der Waals surface area (Å²) in [5.74, 6) is 2.28. The van der Waals surface area contributed by atoms with Gasteiger partial charge in [-0.2, -0.15) is 0 Å². The van der Waals surface area contributed by atoms with Gasteiger partial charge in [-0.05, 0) is 29.5 Å². The van der Waals surface area contributed by atoms with Crippen molar-refractivity contribution in [3.05, 3.63) is 35.7 Å². The van der Waals surface area contributed by atoms with Crippen molar-refractivity contribution in [2.45, 2.75) is 12.1 Å². The number of aromatic nitrogens is 2. The Morgan fingerprint density at radius 1 is 1.22 bits per heavy atom. The van der Waals surface area contributed by atoms with Crippen LogP contribution in [-0.2, 0) is 0 Å². The third kappa shape index (κ3) is 3.37. The molecule has 0 saturated carbocycles. The highest BCUT2D eigenvalue weighted by molar-refractivity contribution is 7.99. The average molecular weight is 262 g/mol. The molecule has 0 aliphatic heterocycles. The maximum atomic E-state index is 5.42. The summed E-state index contributed by atoms with van der Waals surface area (Å²) in [6.07, 6.45) is 3.72. The van der Waals surface area contributed by atoms with E-state index in [1.165, 1.54) is 11.8 Å². The first-order valence-corrected chi connectivity index (χ1v) is 6.59. The minimum atomic E-state index is 0.516. The zero-order chi connectivity index (χ0) is 12.8. The van der Waals surface area contributed by atoms with Crippen LogP contribution < -0.4 is 4.74 Å². The summed E-state index contributed by atoms with van der Waals surface area (Å²) in [6.45, 7) is 2.04. The van der Waals surface area contributed by atoms with E-state index in [1.807, 2.05) is 37.3 Å². The molecule has 94 valence electrons. The quantitative estimate of drug-likeness (QED) is 0.773. The van der Waals surface area contributed by atoms with E-state index in [4.69, 9.17) is 9.15 Å². The van der Waals surface area contributed by atoms with Crippen LogP contribution in [0.4, 0.5) is 0 Å². The van der Waals surface area contributed by atoms with Gasteiger partial charge in [0.05, 0.1) is 7.11 Å². The molecule has 0 bridgehead atoms. The van der Waals surface area contributed by atoms with Crippen LogP contribution in [0.2, 0.25) is 0 Å². The van der Waals surface area contributed by atoms with Crippen LogP contribution in [-0.4, -0.2) is 23.1 Å². The molecule has 0 aliphatic rings. The average Bonchev–Trinajstić information content (AvgIpc) is 2.85. The van der Waals surface area contributed by atoms with Crippen LogP contribution in [0.15, 0.2) is 33.9 Å². The Labute approximate surface area is 110 Å². The SMILES string of the molecule is CCSc1nnc(/C=C/c2ccc(OC)cc2)o1. The van der Waals surface area contributed by atoms with E-state index in [9.17, 15) is 0 Å². The molecule has 2 rings (SSSR count). The number of hydrogen-bond acceptors (Lipinski definition) is 5. The summed E-state index contributed by atoms with van der Waals surface area (Å²) in [6, 6.07) is 7.75. The van der Waals surface area contributed by atoms with E-state index in [0.29, 0.717) is 11.1 Å². The first-order chi connectivity index (χ1) is 8.81. The summed E-state index contributed by atoms with van der Waals surface area (Å²) in [5, 5.41) is 8.46. The summed E-state index contributed by atoms with van der Waals surface area (Å²) in [7, 11) is 1.65. The summed E-state index contributed by atoms with van der Waals surface area (Å²) in [4.78, 5) is 0. The Kier molecular flexibility index (Phi) is 4.41. The monoisotopic (exact) mass is 262 g/mol. The Bertz CT molecular complexity index is 520. The van der Waals surface area contributed by atoms with Crippen LogP contribution in [0.3, 0.4) is 0 Å². The molecule has 0 amide bonds. The minimum absolute atomic E-state index is 0.516. The summed E-state index contributed by atoms with van der Waals surface area (Å²) >= 11 is 1.53. The lowest BCUT2D eigenvalue weighted by Gasteiger charge is -1.98. The fraction of sp³-hybridized carbons (Fsp3) is 0.231. The second-order valence-electron chi connectivity index (χ2n) is 3.45. The van der Waals surface area contributed by atoms with E-state index in [0.717, 1.165) is 17.1 Å². The smallest absolute Gasteiger partial charge is 0.276 e. The molecule has 0 fully saturated rings. The van der Waals surface area contributed by atoms with E-state index in [-0.39, 0.29) is 0 Å². The molecule has 5 heteroatoms. The van der Waals surface area contributed by atoms with Crippen LogP contribution >= 0.6 is 11.8 Å². The highest BCUT2D eigenvalue weighted by Gasteiger charge is 2.01. The van der Waals surface area contributed by atoms with E-state index >= 15 is 0 Å². The standard InChI is InChI=1S/C13H14N2O2S/c1-3-18-13-15-14-12(17-13)9-6-10-4-7-11(16-2)8-5-10/h4-9H,3H2,1-2H3/b9-6+. The van der Waals surface area contributed by atoms with Crippen molar-refractivity contribution >= 4 is 23.9 Å². The Hall–Kier alpha value is -1.75. The van der Waals surface area contributed by atoms with Gasteiger partial charge in [-0.3, -0.25) is 0 Å². The third-order valence-electron chi connectivity index (χ3n) is 2.22. The molecule has 0 radical (unpaired) electrons. The topological polar surface area (TPSA) is 48.2 Å². The number of nitrogens with zero attached hydrogens (tertiary/aromatic N) is 2.